The van der Waals surface area contributed by atoms with Crippen LogP contribution in [0.3, 0.4) is 0 Å². The maximum absolute atomic E-state index is 12.8. The van der Waals surface area contributed by atoms with Gasteiger partial charge in [0, 0.05) is 37.8 Å². The van der Waals surface area contributed by atoms with E-state index in [1.165, 1.54) is 5.56 Å². The number of hydrogen-bond acceptors (Lipinski definition) is 2. The van der Waals surface area contributed by atoms with Crippen molar-refractivity contribution in [3.8, 4) is 0 Å². The SMILES string of the molecule is CC.CC.CCCC(=O)N(C1=CC=C=CC=C1)C1CCN(CCc2ccccc2)CC1.CF. The summed E-state index contributed by atoms with van der Waals surface area (Å²) in [4.78, 5) is 17.4. The number of piperidine rings is 1. The molecule has 0 N–H and O–H groups in total. The third-order valence-electron chi connectivity index (χ3n) is 5.30. The summed E-state index contributed by atoms with van der Waals surface area (Å²) >= 11 is 0. The maximum Gasteiger partial charge on any atom is 0.227 e. The number of halogens is 1. The van der Waals surface area contributed by atoms with Crippen molar-refractivity contribution in [2.24, 2.45) is 0 Å². The van der Waals surface area contributed by atoms with Gasteiger partial charge in [-0.2, -0.15) is 0 Å². The molecule has 0 radical (unpaired) electrons. The molecule has 3 nitrogen and oxygen atoms in total. The highest BCUT2D eigenvalue weighted by molar-refractivity contribution is 5.79. The van der Waals surface area contributed by atoms with Gasteiger partial charge < -0.3 is 9.80 Å². The van der Waals surface area contributed by atoms with Crippen LogP contribution in [-0.2, 0) is 11.2 Å². The Balaban J connectivity index is 0.00000158. The van der Waals surface area contributed by atoms with Gasteiger partial charge in [-0.3, -0.25) is 9.18 Å². The van der Waals surface area contributed by atoms with Crippen molar-refractivity contribution in [1.82, 2.24) is 9.80 Å². The van der Waals surface area contributed by atoms with Crippen LogP contribution >= 0.6 is 0 Å². The van der Waals surface area contributed by atoms with Crippen molar-refractivity contribution in [3.05, 3.63) is 77.7 Å². The molecule has 1 aromatic carbocycles. The highest BCUT2D eigenvalue weighted by Gasteiger charge is 2.29. The van der Waals surface area contributed by atoms with E-state index in [1.807, 2.05) is 63.0 Å². The van der Waals surface area contributed by atoms with E-state index in [1.54, 1.807) is 0 Å². The first-order chi connectivity index (χ1) is 16.3. The highest BCUT2D eigenvalue weighted by Crippen LogP contribution is 2.24. The topological polar surface area (TPSA) is 23.6 Å². The molecule has 3 rings (SSSR count). The lowest BCUT2D eigenvalue weighted by atomic mass is 10.0. The van der Waals surface area contributed by atoms with Crippen LogP contribution in [0.1, 0.15) is 65.9 Å². The van der Waals surface area contributed by atoms with Crippen LogP contribution in [0.25, 0.3) is 0 Å². The monoisotopic (exact) mass is 456 g/mol. The largest absolute Gasteiger partial charge is 0.309 e. The van der Waals surface area contributed by atoms with E-state index in [2.05, 4.69) is 47.9 Å². The van der Waals surface area contributed by atoms with Crippen LogP contribution in [0.5, 0.6) is 0 Å². The Kier molecular flexibility index (Phi) is 18.7. The number of hydrogen-bond donors (Lipinski definition) is 0. The Morgan fingerprint density at radius 3 is 2.30 bits per heavy atom. The smallest absolute Gasteiger partial charge is 0.227 e. The van der Waals surface area contributed by atoms with Crippen molar-refractivity contribution in [1.29, 1.82) is 0 Å². The number of carbonyl (C=O) groups excluding carboxylic acids is 1. The summed E-state index contributed by atoms with van der Waals surface area (Å²) in [6, 6.07) is 11.0. The van der Waals surface area contributed by atoms with Gasteiger partial charge in [-0.25, -0.2) is 0 Å². The average Bonchev–Trinajstić information content (AvgIpc) is 3.18. The predicted octanol–water partition coefficient (Wildman–Crippen LogP) is 7.13. The molecule has 2 aliphatic rings. The summed E-state index contributed by atoms with van der Waals surface area (Å²) in [6.45, 7) is 13.3. The normalized spacial score (nSPS) is 14.9. The van der Waals surface area contributed by atoms with E-state index in [0.29, 0.717) is 19.6 Å². The fraction of sp³-hybridized carbons (Fsp3) is 0.517. The van der Waals surface area contributed by atoms with Crippen molar-refractivity contribution < 1.29 is 9.18 Å². The quantitative estimate of drug-likeness (QED) is 0.408. The molecule has 1 amide bonds. The van der Waals surface area contributed by atoms with Crippen molar-refractivity contribution >= 4 is 5.91 Å². The minimum Gasteiger partial charge on any atom is -0.309 e. The summed E-state index contributed by atoms with van der Waals surface area (Å²) < 4.78 is 9.50. The Labute approximate surface area is 202 Å². The summed E-state index contributed by atoms with van der Waals surface area (Å²) in [5.74, 6) is 0.242. The standard InChI is InChI=1S/C24H30N2O.2C2H6.CH3F/c1-2-10-24(27)26(22-13-8-3-4-9-14-22)23-16-19-25(20-17-23)18-15-21-11-6-5-7-12-21;3*1-2/h3,5-9,11-14,23H,2,10,15-20H2,1H3;2*1-2H3;1H3. The summed E-state index contributed by atoms with van der Waals surface area (Å²) in [7, 11) is 0.500. The van der Waals surface area contributed by atoms with E-state index in [9.17, 15) is 9.18 Å². The molecule has 1 saturated heterocycles. The van der Waals surface area contributed by atoms with Gasteiger partial charge in [0.25, 0.3) is 0 Å². The van der Waals surface area contributed by atoms with Gasteiger partial charge >= 0.3 is 0 Å². The molecule has 1 heterocycles. The molecule has 0 aromatic heterocycles. The molecule has 0 atom stereocenters. The van der Waals surface area contributed by atoms with Crippen LogP contribution in [0.2, 0.25) is 0 Å². The Morgan fingerprint density at radius 1 is 1.06 bits per heavy atom. The van der Waals surface area contributed by atoms with Crippen molar-refractivity contribution in [2.75, 3.05) is 26.8 Å². The molecule has 0 bridgehead atoms. The zero-order valence-corrected chi connectivity index (χ0v) is 21.7. The summed E-state index contributed by atoms with van der Waals surface area (Å²) in [6.07, 6.45) is 14.5. The van der Waals surface area contributed by atoms with E-state index in [-0.39, 0.29) is 5.91 Å². The Hall–Kier alpha value is -2.42. The molecule has 1 fully saturated rings. The van der Waals surface area contributed by atoms with Crippen LogP contribution in [0.15, 0.2) is 72.1 Å². The second kappa shape index (κ2) is 20.2. The molecule has 0 spiro atoms. The second-order valence-electron chi connectivity index (χ2n) is 7.27. The highest BCUT2D eigenvalue weighted by atomic mass is 19.1. The molecule has 1 aliphatic heterocycles. The minimum atomic E-state index is 0.242. The number of nitrogens with zero attached hydrogens (tertiary/aromatic N) is 2. The zero-order chi connectivity index (χ0) is 24.9. The molecular weight excluding hydrogens is 411 g/mol. The molecular formula is C29H45FN2O. The molecule has 1 aliphatic carbocycles. The van der Waals surface area contributed by atoms with E-state index >= 15 is 0 Å². The molecule has 4 heteroatoms. The maximum atomic E-state index is 12.8. The van der Waals surface area contributed by atoms with Gasteiger partial charge in [0.05, 0.1) is 7.18 Å². The lowest BCUT2D eigenvalue weighted by molar-refractivity contribution is -0.131. The van der Waals surface area contributed by atoms with Gasteiger partial charge in [0.15, 0.2) is 0 Å². The number of benzene rings is 1. The van der Waals surface area contributed by atoms with E-state index < -0.39 is 0 Å². The lowest BCUT2D eigenvalue weighted by Crippen LogP contribution is -2.47. The van der Waals surface area contributed by atoms with E-state index in [0.717, 1.165) is 51.0 Å². The second-order valence-corrected chi connectivity index (χ2v) is 7.27. The number of alkyl halides is 1. The first-order valence-corrected chi connectivity index (χ1v) is 12.5. The lowest BCUT2D eigenvalue weighted by Gasteiger charge is -2.39. The first-order valence-electron chi connectivity index (χ1n) is 12.5. The van der Waals surface area contributed by atoms with Crippen LogP contribution in [0.4, 0.5) is 4.39 Å². The predicted molar refractivity (Wildman–Crippen MR) is 141 cm³/mol. The third kappa shape index (κ3) is 11.3. The number of likely N-dealkylation sites (tertiary alicyclic amines) is 1. The number of allylic oxidation sites excluding steroid dienone is 4. The van der Waals surface area contributed by atoms with Gasteiger partial charge in [-0.15, -0.1) is 5.73 Å². The van der Waals surface area contributed by atoms with Gasteiger partial charge in [-0.05, 0) is 55.6 Å². The molecule has 0 unspecified atom stereocenters. The molecule has 0 saturated carbocycles. The average molecular weight is 457 g/mol. The number of amides is 1. The molecule has 33 heavy (non-hydrogen) atoms. The third-order valence-corrected chi connectivity index (χ3v) is 5.30. The van der Waals surface area contributed by atoms with E-state index in [4.69, 9.17) is 0 Å². The van der Waals surface area contributed by atoms with Crippen molar-refractivity contribution in [2.45, 2.75) is 72.8 Å². The van der Waals surface area contributed by atoms with Gasteiger partial charge in [-0.1, -0.05) is 71.0 Å². The van der Waals surface area contributed by atoms with Crippen LogP contribution in [-0.4, -0.2) is 48.6 Å². The van der Waals surface area contributed by atoms with Crippen molar-refractivity contribution in [3.63, 3.8) is 0 Å². The molecule has 1 aromatic rings. The summed E-state index contributed by atoms with van der Waals surface area (Å²) in [5, 5.41) is 0. The molecule has 184 valence electrons. The van der Waals surface area contributed by atoms with Crippen LogP contribution < -0.4 is 0 Å². The fourth-order valence-corrected chi connectivity index (χ4v) is 3.83. The minimum absolute atomic E-state index is 0.242. The Morgan fingerprint density at radius 2 is 1.70 bits per heavy atom. The van der Waals surface area contributed by atoms with Crippen LogP contribution in [0, 0.1) is 0 Å². The Bertz CT molecular complexity index is 740. The number of carbonyl (C=O) groups is 1. The number of rotatable bonds is 7. The zero-order valence-electron chi connectivity index (χ0n) is 21.7. The van der Waals surface area contributed by atoms with Gasteiger partial charge in [0.2, 0.25) is 5.91 Å². The fourth-order valence-electron chi connectivity index (χ4n) is 3.83. The summed E-state index contributed by atoms with van der Waals surface area (Å²) in [5.41, 5.74) is 5.48. The first kappa shape index (κ1) is 30.6. The van der Waals surface area contributed by atoms with Gasteiger partial charge in [0.1, 0.15) is 0 Å².